The number of carbonyl (C=O) groups is 1. The van der Waals surface area contributed by atoms with Gasteiger partial charge in [0, 0.05) is 5.39 Å². The van der Waals surface area contributed by atoms with Gasteiger partial charge >= 0.3 is 5.97 Å². The van der Waals surface area contributed by atoms with Gasteiger partial charge < -0.3 is 5.11 Å². The van der Waals surface area contributed by atoms with Gasteiger partial charge in [-0.3, -0.25) is 0 Å². The molecule has 0 spiro atoms. The summed E-state index contributed by atoms with van der Waals surface area (Å²) in [5, 5.41) is 14.7. The lowest BCUT2D eigenvalue weighted by molar-refractivity contribution is 0.0702. The Kier molecular flexibility index (Phi) is 3.06. The first-order valence-electron chi connectivity index (χ1n) is 6.42. The summed E-state index contributed by atoms with van der Waals surface area (Å²) in [6.07, 6.45) is 0.783. The van der Waals surface area contributed by atoms with E-state index in [0.717, 1.165) is 33.6 Å². The summed E-state index contributed by atoms with van der Waals surface area (Å²) in [7, 11) is 0. The first kappa shape index (κ1) is 12.9. The molecule has 0 fully saturated rings. The minimum atomic E-state index is -0.885. The van der Waals surface area contributed by atoms with Crippen molar-refractivity contribution in [3.63, 3.8) is 0 Å². The van der Waals surface area contributed by atoms with E-state index in [9.17, 15) is 4.79 Å². The monoisotopic (exact) mass is 286 g/mol. The zero-order valence-corrected chi connectivity index (χ0v) is 12.1. The Morgan fingerprint density at radius 2 is 2.20 bits per heavy atom. The second-order valence-electron chi connectivity index (χ2n) is 4.69. The van der Waals surface area contributed by atoms with Crippen molar-refractivity contribution < 1.29 is 9.90 Å². The van der Waals surface area contributed by atoms with E-state index in [2.05, 4.69) is 5.10 Å². The lowest BCUT2D eigenvalue weighted by Gasteiger charge is -2.03. The second-order valence-corrected chi connectivity index (χ2v) is 5.72. The molecule has 0 saturated carbocycles. The van der Waals surface area contributed by atoms with Crippen molar-refractivity contribution >= 4 is 27.5 Å². The van der Waals surface area contributed by atoms with Crippen molar-refractivity contribution in [3.05, 3.63) is 46.5 Å². The largest absolute Gasteiger partial charge is 0.477 e. The molecule has 0 saturated heterocycles. The highest BCUT2D eigenvalue weighted by Crippen LogP contribution is 2.31. The molecular weight excluding hydrogens is 272 g/mol. The number of carboxylic acid groups (broad SMARTS) is 1. The Bertz CT molecular complexity index is 801. The van der Waals surface area contributed by atoms with Crippen LogP contribution in [0.15, 0.2) is 30.3 Å². The molecular formula is C15H14N2O2S. The van der Waals surface area contributed by atoms with Crippen LogP contribution in [0.3, 0.4) is 0 Å². The molecule has 3 rings (SSSR count). The minimum absolute atomic E-state index is 0.355. The Hall–Kier alpha value is -2.14. The normalized spacial score (nSPS) is 11.1. The number of aromatic carboxylic acids is 1. The van der Waals surface area contributed by atoms with Crippen LogP contribution in [0.25, 0.3) is 15.9 Å². The van der Waals surface area contributed by atoms with Crippen molar-refractivity contribution in [1.29, 1.82) is 0 Å². The molecule has 3 aromatic rings. The Morgan fingerprint density at radius 1 is 1.40 bits per heavy atom. The van der Waals surface area contributed by atoms with E-state index >= 15 is 0 Å². The van der Waals surface area contributed by atoms with E-state index in [1.807, 2.05) is 42.8 Å². The van der Waals surface area contributed by atoms with Crippen LogP contribution in [0, 0.1) is 6.92 Å². The molecule has 0 amide bonds. The summed E-state index contributed by atoms with van der Waals surface area (Å²) >= 11 is 1.27. The summed E-state index contributed by atoms with van der Waals surface area (Å²) in [5.41, 5.74) is 3.05. The fourth-order valence-electron chi connectivity index (χ4n) is 2.27. The van der Waals surface area contributed by atoms with Gasteiger partial charge in [-0.2, -0.15) is 5.10 Å². The smallest absolute Gasteiger partial charge is 0.345 e. The number of fused-ring (bicyclic) bond motifs is 1. The quantitative estimate of drug-likeness (QED) is 0.799. The van der Waals surface area contributed by atoms with Crippen molar-refractivity contribution in [2.24, 2.45) is 0 Å². The topological polar surface area (TPSA) is 55.1 Å². The van der Waals surface area contributed by atoms with Gasteiger partial charge in [-0.25, -0.2) is 9.48 Å². The molecule has 0 bridgehead atoms. The fourth-order valence-corrected chi connectivity index (χ4v) is 3.26. The lowest BCUT2D eigenvalue weighted by atomic mass is 10.2. The average molecular weight is 286 g/mol. The molecule has 2 aromatic heterocycles. The highest BCUT2D eigenvalue weighted by atomic mass is 32.1. The van der Waals surface area contributed by atoms with Gasteiger partial charge in [0.25, 0.3) is 0 Å². The summed E-state index contributed by atoms with van der Waals surface area (Å²) < 4.78 is 1.85. The summed E-state index contributed by atoms with van der Waals surface area (Å²) in [6, 6.07) is 9.77. The summed E-state index contributed by atoms with van der Waals surface area (Å²) in [4.78, 5) is 12.4. The predicted molar refractivity (Wildman–Crippen MR) is 80.0 cm³/mol. The van der Waals surface area contributed by atoms with E-state index in [-0.39, 0.29) is 0 Å². The molecule has 2 heterocycles. The number of rotatable bonds is 3. The predicted octanol–water partition coefficient (Wildman–Crippen LogP) is 3.66. The molecule has 102 valence electrons. The highest BCUT2D eigenvalue weighted by Gasteiger charge is 2.17. The van der Waals surface area contributed by atoms with E-state index in [1.54, 1.807) is 6.07 Å². The van der Waals surface area contributed by atoms with Gasteiger partial charge in [-0.1, -0.05) is 19.1 Å². The van der Waals surface area contributed by atoms with E-state index in [0.29, 0.717) is 4.88 Å². The van der Waals surface area contributed by atoms with Gasteiger partial charge in [0.05, 0.1) is 11.4 Å². The van der Waals surface area contributed by atoms with Crippen LogP contribution in [0.2, 0.25) is 0 Å². The van der Waals surface area contributed by atoms with Gasteiger partial charge in [0.1, 0.15) is 9.71 Å². The maximum atomic E-state index is 11.2. The van der Waals surface area contributed by atoms with Crippen molar-refractivity contribution in [2.45, 2.75) is 20.3 Å². The molecule has 0 unspecified atom stereocenters. The maximum absolute atomic E-state index is 11.2. The molecule has 0 aliphatic rings. The van der Waals surface area contributed by atoms with Crippen molar-refractivity contribution in [1.82, 2.24) is 9.78 Å². The first-order chi connectivity index (χ1) is 9.60. The zero-order chi connectivity index (χ0) is 14.3. The lowest BCUT2D eigenvalue weighted by Crippen LogP contribution is -1.97. The van der Waals surface area contributed by atoms with E-state index in [4.69, 9.17) is 5.11 Å². The molecule has 0 aliphatic carbocycles. The van der Waals surface area contributed by atoms with Crippen LogP contribution in [0.4, 0.5) is 0 Å². The minimum Gasteiger partial charge on any atom is -0.477 e. The van der Waals surface area contributed by atoms with Gasteiger partial charge in [-0.05, 0) is 37.1 Å². The van der Waals surface area contributed by atoms with Crippen LogP contribution in [-0.2, 0) is 6.42 Å². The van der Waals surface area contributed by atoms with Crippen molar-refractivity contribution in [3.8, 4) is 5.69 Å². The van der Waals surface area contributed by atoms with Crippen molar-refractivity contribution in [2.75, 3.05) is 0 Å². The zero-order valence-electron chi connectivity index (χ0n) is 11.3. The molecule has 0 atom stereocenters. The van der Waals surface area contributed by atoms with Crippen LogP contribution < -0.4 is 0 Å². The fraction of sp³-hybridized carbons (Fsp3) is 0.200. The third kappa shape index (κ3) is 2.00. The number of carboxylic acids is 1. The summed E-state index contributed by atoms with van der Waals surface area (Å²) in [5.74, 6) is -0.885. The number of hydrogen-bond acceptors (Lipinski definition) is 3. The van der Waals surface area contributed by atoms with Crippen LogP contribution in [0.5, 0.6) is 0 Å². The number of benzene rings is 1. The third-order valence-electron chi connectivity index (χ3n) is 3.23. The molecule has 0 radical (unpaired) electrons. The average Bonchev–Trinajstić information content (AvgIpc) is 2.96. The standard InChI is InChI=1S/C15H14N2O2S/c1-3-12-11-8-13(15(18)19)20-14(11)17(16-12)10-6-4-5-9(2)7-10/h4-8H,3H2,1-2H3,(H,18,19). The number of thiophene rings is 1. The molecule has 1 aromatic carbocycles. The number of aromatic nitrogens is 2. The molecule has 4 nitrogen and oxygen atoms in total. The maximum Gasteiger partial charge on any atom is 0.345 e. The van der Waals surface area contributed by atoms with Gasteiger partial charge in [0.2, 0.25) is 0 Å². The second kappa shape index (κ2) is 4.76. The van der Waals surface area contributed by atoms with Gasteiger partial charge in [-0.15, -0.1) is 11.3 Å². The first-order valence-corrected chi connectivity index (χ1v) is 7.23. The Balaban J connectivity index is 2.27. The molecule has 1 N–H and O–H groups in total. The van der Waals surface area contributed by atoms with Gasteiger partial charge in [0.15, 0.2) is 0 Å². The van der Waals surface area contributed by atoms with Crippen LogP contribution in [-0.4, -0.2) is 20.9 Å². The number of nitrogens with zero attached hydrogens (tertiary/aromatic N) is 2. The molecule has 20 heavy (non-hydrogen) atoms. The third-order valence-corrected chi connectivity index (χ3v) is 4.33. The SMILES string of the molecule is CCc1nn(-c2cccc(C)c2)c2sc(C(=O)O)cc12. The number of aryl methyl sites for hydroxylation is 2. The Labute approximate surface area is 120 Å². The molecule has 0 aliphatic heterocycles. The van der Waals surface area contributed by atoms with E-state index in [1.165, 1.54) is 11.3 Å². The molecule has 5 heteroatoms. The van der Waals surface area contributed by atoms with Crippen LogP contribution in [0.1, 0.15) is 27.9 Å². The summed E-state index contributed by atoms with van der Waals surface area (Å²) in [6.45, 7) is 4.06. The van der Waals surface area contributed by atoms with Crippen LogP contribution >= 0.6 is 11.3 Å². The van der Waals surface area contributed by atoms with E-state index < -0.39 is 5.97 Å². The Morgan fingerprint density at radius 3 is 2.85 bits per heavy atom. The highest BCUT2D eigenvalue weighted by molar-refractivity contribution is 7.20. The number of hydrogen-bond donors (Lipinski definition) is 1.